The van der Waals surface area contributed by atoms with Crippen LogP contribution in [0.5, 0.6) is 5.75 Å². The van der Waals surface area contributed by atoms with E-state index in [1.807, 2.05) is 30.5 Å². The van der Waals surface area contributed by atoms with Crippen LogP contribution in [-0.4, -0.2) is 33.2 Å². The van der Waals surface area contributed by atoms with Crippen LogP contribution >= 0.6 is 0 Å². The standard InChI is InChI=1S/C19H20N4O2/c24-19(17-9-11-21-23-17)22-14-4-6-15(7-5-14)25-18-3-1-2-13-12-20-10-8-16(13)18/h1-3,8-12,14-15H,4-7H2,(H,21,23)(H,22,24). The first kappa shape index (κ1) is 15.6. The monoisotopic (exact) mass is 336 g/mol. The van der Waals surface area contributed by atoms with Crippen LogP contribution in [0.4, 0.5) is 0 Å². The van der Waals surface area contributed by atoms with Gasteiger partial charge in [0.05, 0.1) is 6.10 Å². The molecule has 6 nitrogen and oxygen atoms in total. The number of aromatic nitrogens is 3. The summed E-state index contributed by atoms with van der Waals surface area (Å²) in [6.45, 7) is 0. The van der Waals surface area contributed by atoms with E-state index < -0.39 is 0 Å². The molecule has 1 fully saturated rings. The van der Waals surface area contributed by atoms with E-state index in [0.29, 0.717) is 5.69 Å². The summed E-state index contributed by atoms with van der Waals surface area (Å²) in [4.78, 5) is 16.2. The van der Waals surface area contributed by atoms with Gasteiger partial charge in [-0.15, -0.1) is 0 Å². The molecule has 3 aromatic rings. The van der Waals surface area contributed by atoms with E-state index in [0.717, 1.165) is 42.2 Å². The van der Waals surface area contributed by atoms with Crippen molar-refractivity contribution >= 4 is 16.7 Å². The first-order valence-corrected chi connectivity index (χ1v) is 8.59. The van der Waals surface area contributed by atoms with Crippen molar-refractivity contribution in [1.82, 2.24) is 20.5 Å². The minimum atomic E-state index is -0.0941. The maximum atomic E-state index is 12.1. The van der Waals surface area contributed by atoms with Crippen molar-refractivity contribution in [1.29, 1.82) is 0 Å². The van der Waals surface area contributed by atoms with Gasteiger partial charge in [-0.05, 0) is 43.9 Å². The van der Waals surface area contributed by atoms with E-state index in [2.05, 4.69) is 20.5 Å². The number of hydrogen-bond acceptors (Lipinski definition) is 4. The van der Waals surface area contributed by atoms with Crippen LogP contribution in [0.1, 0.15) is 36.2 Å². The third-order valence-electron chi connectivity index (χ3n) is 4.69. The highest BCUT2D eigenvalue weighted by atomic mass is 16.5. The lowest BCUT2D eigenvalue weighted by Gasteiger charge is -2.29. The molecule has 0 bridgehead atoms. The Morgan fingerprint density at radius 2 is 2.00 bits per heavy atom. The zero-order chi connectivity index (χ0) is 17.1. The molecule has 0 saturated heterocycles. The molecule has 1 aromatic carbocycles. The van der Waals surface area contributed by atoms with Gasteiger partial charge in [0.15, 0.2) is 0 Å². The van der Waals surface area contributed by atoms with Gasteiger partial charge in [-0.25, -0.2) is 0 Å². The number of amides is 1. The summed E-state index contributed by atoms with van der Waals surface area (Å²) >= 11 is 0. The van der Waals surface area contributed by atoms with Crippen LogP contribution in [0, 0.1) is 0 Å². The lowest BCUT2D eigenvalue weighted by molar-refractivity contribution is 0.0890. The lowest BCUT2D eigenvalue weighted by Crippen LogP contribution is -2.39. The molecule has 0 radical (unpaired) electrons. The molecule has 1 amide bonds. The van der Waals surface area contributed by atoms with Gasteiger partial charge in [-0.1, -0.05) is 12.1 Å². The summed E-state index contributed by atoms with van der Waals surface area (Å²) in [5.41, 5.74) is 0.503. The number of carbonyl (C=O) groups is 1. The number of nitrogens with zero attached hydrogens (tertiary/aromatic N) is 2. The molecule has 6 heteroatoms. The van der Waals surface area contributed by atoms with Gasteiger partial charge in [0.25, 0.3) is 5.91 Å². The molecule has 2 heterocycles. The SMILES string of the molecule is O=C(NC1CCC(Oc2cccc3cnccc23)CC1)c1ccn[nH]1. The maximum Gasteiger partial charge on any atom is 0.269 e. The first-order valence-electron chi connectivity index (χ1n) is 8.59. The molecular formula is C19H20N4O2. The summed E-state index contributed by atoms with van der Waals surface area (Å²) in [5, 5.41) is 11.7. The van der Waals surface area contributed by atoms with Gasteiger partial charge in [-0.2, -0.15) is 5.10 Å². The zero-order valence-electron chi connectivity index (χ0n) is 13.8. The molecule has 4 rings (SSSR count). The highest BCUT2D eigenvalue weighted by Gasteiger charge is 2.24. The number of aromatic amines is 1. The van der Waals surface area contributed by atoms with E-state index in [1.54, 1.807) is 18.5 Å². The van der Waals surface area contributed by atoms with Crippen molar-refractivity contribution in [2.75, 3.05) is 0 Å². The van der Waals surface area contributed by atoms with Crippen molar-refractivity contribution in [2.45, 2.75) is 37.8 Å². The van der Waals surface area contributed by atoms with Crippen LogP contribution in [0.3, 0.4) is 0 Å². The average Bonchev–Trinajstić information content (AvgIpc) is 3.19. The second-order valence-electron chi connectivity index (χ2n) is 6.39. The van der Waals surface area contributed by atoms with E-state index >= 15 is 0 Å². The highest BCUT2D eigenvalue weighted by Crippen LogP contribution is 2.29. The molecule has 1 aliphatic carbocycles. The summed E-state index contributed by atoms with van der Waals surface area (Å²) < 4.78 is 6.24. The molecule has 0 spiro atoms. The van der Waals surface area contributed by atoms with Crippen LogP contribution in [0.15, 0.2) is 48.9 Å². The molecule has 1 aliphatic rings. The Kier molecular flexibility index (Phi) is 4.33. The molecule has 0 atom stereocenters. The van der Waals surface area contributed by atoms with E-state index in [1.165, 1.54) is 0 Å². The van der Waals surface area contributed by atoms with E-state index in [-0.39, 0.29) is 18.1 Å². The fraction of sp³-hybridized carbons (Fsp3) is 0.316. The molecule has 0 unspecified atom stereocenters. The summed E-state index contributed by atoms with van der Waals surface area (Å²) in [5.74, 6) is 0.813. The maximum absolute atomic E-state index is 12.1. The van der Waals surface area contributed by atoms with Crippen LogP contribution < -0.4 is 10.1 Å². The fourth-order valence-corrected chi connectivity index (χ4v) is 3.35. The van der Waals surface area contributed by atoms with Gasteiger partial charge in [0.2, 0.25) is 0 Å². The number of nitrogens with one attached hydrogen (secondary N) is 2. The van der Waals surface area contributed by atoms with Crippen molar-refractivity contribution in [2.24, 2.45) is 0 Å². The van der Waals surface area contributed by atoms with Gasteiger partial charge in [0, 0.05) is 35.4 Å². The molecule has 1 saturated carbocycles. The normalized spacial score (nSPS) is 20.3. The Hall–Kier alpha value is -2.89. The molecular weight excluding hydrogens is 316 g/mol. The predicted molar refractivity (Wildman–Crippen MR) is 94.5 cm³/mol. The Labute approximate surface area is 145 Å². The zero-order valence-corrected chi connectivity index (χ0v) is 13.8. The number of pyridine rings is 1. The number of ether oxygens (including phenoxy) is 1. The Bertz CT molecular complexity index is 850. The topological polar surface area (TPSA) is 79.9 Å². The first-order chi connectivity index (χ1) is 12.3. The summed E-state index contributed by atoms with van der Waals surface area (Å²) in [6, 6.07) is 9.90. The van der Waals surface area contributed by atoms with Gasteiger partial charge >= 0.3 is 0 Å². The Morgan fingerprint density at radius 3 is 2.80 bits per heavy atom. The van der Waals surface area contributed by atoms with Crippen molar-refractivity contribution in [3.05, 3.63) is 54.6 Å². The van der Waals surface area contributed by atoms with Crippen molar-refractivity contribution in [3.8, 4) is 5.75 Å². The third kappa shape index (κ3) is 3.47. The molecule has 2 N–H and O–H groups in total. The second-order valence-corrected chi connectivity index (χ2v) is 6.39. The largest absolute Gasteiger partial charge is 0.490 e. The molecule has 0 aliphatic heterocycles. The van der Waals surface area contributed by atoms with Gasteiger partial charge in [-0.3, -0.25) is 14.9 Å². The fourth-order valence-electron chi connectivity index (χ4n) is 3.35. The van der Waals surface area contributed by atoms with Crippen molar-refractivity contribution < 1.29 is 9.53 Å². The Balaban J connectivity index is 1.35. The van der Waals surface area contributed by atoms with E-state index in [4.69, 9.17) is 4.74 Å². The Morgan fingerprint density at radius 1 is 1.12 bits per heavy atom. The number of carbonyl (C=O) groups excluding carboxylic acids is 1. The smallest absolute Gasteiger partial charge is 0.269 e. The van der Waals surface area contributed by atoms with Crippen LogP contribution in [0.2, 0.25) is 0 Å². The number of H-pyrrole nitrogens is 1. The molecule has 2 aromatic heterocycles. The predicted octanol–water partition coefficient (Wildman–Crippen LogP) is 3.08. The lowest BCUT2D eigenvalue weighted by atomic mass is 9.92. The molecule has 128 valence electrons. The number of hydrogen-bond donors (Lipinski definition) is 2. The van der Waals surface area contributed by atoms with Gasteiger partial charge < -0.3 is 10.1 Å². The van der Waals surface area contributed by atoms with Crippen LogP contribution in [-0.2, 0) is 0 Å². The van der Waals surface area contributed by atoms with E-state index in [9.17, 15) is 4.79 Å². The molecule has 25 heavy (non-hydrogen) atoms. The average molecular weight is 336 g/mol. The number of rotatable bonds is 4. The van der Waals surface area contributed by atoms with Crippen molar-refractivity contribution in [3.63, 3.8) is 0 Å². The third-order valence-corrected chi connectivity index (χ3v) is 4.69. The summed E-state index contributed by atoms with van der Waals surface area (Å²) in [7, 11) is 0. The quantitative estimate of drug-likeness (QED) is 0.767. The highest BCUT2D eigenvalue weighted by molar-refractivity contribution is 5.92. The summed E-state index contributed by atoms with van der Waals surface area (Å²) in [6.07, 6.45) is 9.08. The van der Waals surface area contributed by atoms with Gasteiger partial charge in [0.1, 0.15) is 11.4 Å². The van der Waals surface area contributed by atoms with Crippen LogP contribution in [0.25, 0.3) is 10.8 Å². The second kappa shape index (κ2) is 6.93. The number of benzene rings is 1. The minimum absolute atomic E-state index is 0.0941. The number of fused-ring (bicyclic) bond motifs is 1. The minimum Gasteiger partial charge on any atom is -0.490 e.